The number of aryl methyl sites for hydroxylation is 2. The number of thiazole rings is 1. The van der Waals surface area contributed by atoms with Crippen LogP contribution >= 0.6 is 11.3 Å². The van der Waals surface area contributed by atoms with E-state index in [1.807, 2.05) is 0 Å². The van der Waals surface area contributed by atoms with Gasteiger partial charge in [-0.1, -0.05) is 0 Å². The molecule has 4 rings (SSSR count). The summed E-state index contributed by atoms with van der Waals surface area (Å²) in [5, 5.41) is 2.86. The van der Waals surface area contributed by atoms with Gasteiger partial charge in [-0.05, 0) is 32.2 Å². The molecular formula is C17H22N4O3S. The van der Waals surface area contributed by atoms with Crippen LogP contribution in [0.5, 0.6) is 0 Å². The second kappa shape index (κ2) is 7.23. The summed E-state index contributed by atoms with van der Waals surface area (Å²) in [6, 6.07) is 0. The molecule has 0 aromatic carbocycles. The fraction of sp³-hybridized carbons (Fsp3) is 0.588. The van der Waals surface area contributed by atoms with E-state index in [-0.39, 0.29) is 17.0 Å². The quantitative estimate of drug-likeness (QED) is 0.793. The summed E-state index contributed by atoms with van der Waals surface area (Å²) in [6.45, 7) is 4.93. The molecule has 0 radical (unpaired) electrons. The molecule has 2 aromatic heterocycles. The van der Waals surface area contributed by atoms with Crippen LogP contribution in [0.3, 0.4) is 0 Å². The van der Waals surface area contributed by atoms with Gasteiger partial charge in [0.25, 0.3) is 11.5 Å². The minimum absolute atomic E-state index is 0.136. The highest BCUT2D eigenvalue weighted by Crippen LogP contribution is 2.28. The van der Waals surface area contributed by atoms with Gasteiger partial charge in [-0.3, -0.25) is 18.9 Å². The fourth-order valence-electron chi connectivity index (χ4n) is 3.49. The van der Waals surface area contributed by atoms with Crippen molar-refractivity contribution in [1.82, 2.24) is 19.6 Å². The normalized spacial score (nSPS) is 17.8. The number of morpholine rings is 1. The lowest BCUT2D eigenvalue weighted by Crippen LogP contribution is -2.38. The summed E-state index contributed by atoms with van der Waals surface area (Å²) < 4.78 is 6.96. The molecule has 1 N–H and O–H groups in total. The van der Waals surface area contributed by atoms with E-state index in [1.54, 1.807) is 15.7 Å². The Morgan fingerprint density at radius 3 is 3.00 bits per heavy atom. The highest BCUT2D eigenvalue weighted by molar-refractivity contribution is 7.17. The van der Waals surface area contributed by atoms with Gasteiger partial charge in [0, 0.05) is 36.4 Å². The minimum atomic E-state index is -0.327. The molecule has 3 heterocycles. The van der Waals surface area contributed by atoms with E-state index in [0.717, 1.165) is 64.2 Å². The van der Waals surface area contributed by atoms with Crippen molar-refractivity contribution in [3.63, 3.8) is 0 Å². The molecular weight excluding hydrogens is 340 g/mol. The lowest BCUT2D eigenvalue weighted by molar-refractivity contribution is 0.0374. The number of ether oxygens (including phenoxy) is 1. The SMILES string of the molecule is O=C(NCCCN1CCOCC1)c1cnc2sc3c(n2c1=O)CCC3. The van der Waals surface area contributed by atoms with Crippen molar-refractivity contribution >= 4 is 22.2 Å². The third-order valence-electron chi connectivity index (χ3n) is 4.84. The first-order valence-electron chi connectivity index (χ1n) is 8.84. The van der Waals surface area contributed by atoms with Crippen LogP contribution in [0.2, 0.25) is 0 Å². The highest BCUT2D eigenvalue weighted by atomic mass is 32.1. The van der Waals surface area contributed by atoms with Crippen molar-refractivity contribution in [2.45, 2.75) is 25.7 Å². The van der Waals surface area contributed by atoms with Crippen LogP contribution in [0.15, 0.2) is 11.0 Å². The van der Waals surface area contributed by atoms with Gasteiger partial charge < -0.3 is 10.1 Å². The average molecular weight is 362 g/mol. The second-order valence-corrected chi connectivity index (χ2v) is 7.55. The fourth-order valence-corrected chi connectivity index (χ4v) is 4.65. The van der Waals surface area contributed by atoms with Crippen molar-refractivity contribution in [3.8, 4) is 0 Å². The number of amides is 1. The molecule has 1 fully saturated rings. The molecule has 25 heavy (non-hydrogen) atoms. The highest BCUT2D eigenvalue weighted by Gasteiger charge is 2.22. The van der Waals surface area contributed by atoms with Crippen LogP contribution in [0.1, 0.15) is 33.8 Å². The topological polar surface area (TPSA) is 75.9 Å². The van der Waals surface area contributed by atoms with Crippen LogP contribution in [0.25, 0.3) is 4.96 Å². The first-order chi connectivity index (χ1) is 12.2. The summed E-state index contributed by atoms with van der Waals surface area (Å²) in [4.78, 5) is 33.7. The molecule has 7 nitrogen and oxygen atoms in total. The van der Waals surface area contributed by atoms with Crippen molar-refractivity contribution in [1.29, 1.82) is 0 Å². The zero-order valence-corrected chi connectivity index (χ0v) is 14.9. The Kier molecular flexibility index (Phi) is 4.82. The van der Waals surface area contributed by atoms with Gasteiger partial charge >= 0.3 is 0 Å². The maximum atomic E-state index is 12.7. The zero-order valence-electron chi connectivity index (χ0n) is 14.1. The number of nitrogens with zero attached hydrogens (tertiary/aromatic N) is 3. The molecule has 0 spiro atoms. The summed E-state index contributed by atoms with van der Waals surface area (Å²) in [7, 11) is 0. The lowest BCUT2D eigenvalue weighted by Gasteiger charge is -2.26. The van der Waals surface area contributed by atoms with Gasteiger partial charge in [-0.15, -0.1) is 11.3 Å². The van der Waals surface area contributed by atoms with E-state index in [1.165, 1.54) is 11.1 Å². The predicted octanol–water partition coefficient (Wildman–Crippen LogP) is 0.697. The first kappa shape index (κ1) is 16.7. The van der Waals surface area contributed by atoms with Gasteiger partial charge in [-0.25, -0.2) is 4.98 Å². The number of hydrogen-bond acceptors (Lipinski definition) is 6. The maximum Gasteiger partial charge on any atom is 0.271 e. The van der Waals surface area contributed by atoms with Crippen LogP contribution in [-0.4, -0.2) is 59.6 Å². The molecule has 0 atom stereocenters. The zero-order chi connectivity index (χ0) is 17.2. The Balaban J connectivity index is 1.40. The summed E-state index contributed by atoms with van der Waals surface area (Å²) in [5.74, 6) is -0.327. The van der Waals surface area contributed by atoms with E-state index in [0.29, 0.717) is 11.5 Å². The predicted molar refractivity (Wildman–Crippen MR) is 95.6 cm³/mol. The molecule has 0 saturated carbocycles. The summed E-state index contributed by atoms with van der Waals surface area (Å²) in [5.41, 5.74) is 0.936. The molecule has 1 aliphatic heterocycles. The molecule has 1 saturated heterocycles. The van der Waals surface area contributed by atoms with Crippen molar-refractivity contribution in [3.05, 3.63) is 32.7 Å². The van der Waals surface area contributed by atoms with Crippen molar-refractivity contribution in [2.75, 3.05) is 39.4 Å². The van der Waals surface area contributed by atoms with Gasteiger partial charge in [0.15, 0.2) is 4.96 Å². The van der Waals surface area contributed by atoms with E-state index in [9.17, 15) is 9.59 Å². The lowest BCUT2D eigenvalue weighted by atomic mass is 10.3. The van der Waals surface area contributed by atoms with E-state index in [4.69, 9.17) is 4.74 Å². The second-order valence-electron chi connectivity index (χ2n) is 6.48. The van der Waals surface area contributed by atoms with Gasteiger partial charge in [-0.2, -0.15) is 0 Å². The maximum absolute atomic E-state index is 12.7. The minimum Gasteiger partial charge on any atom is -0.379 e. The Morgan fingerprint density at radius 2 is 2.16 bits per heavy atom. The Hall–Kier alpha value is -1.77. The summed E-state index contributed by atoms with van der Waals surface area (Å²) >= 11 is 1.56. The molecule has 134 valence electrons. The molecule has 2 aromatic rings. The van der Waals surface area contributed by atoms with Crippen LogP contribution < -0.4 is 10.9 Å². The van der Waals surface area contributed by atoms with E-state index < -0.39 is 0 Å². The smallest absolute Gasteiger partial charge is 0.271 e. The number of carbonyl (C=O) groups is 1. The van der Waals surface area contributed by atoms with Gasteiger partial charge in [0.2, 0.25) is 0 Å². The molecule has 1 aliphatic carbocycles. The van der Waals surface area contributed by atoms with Crippen LogP contribution in [0.4, 0.5) is 0 Å². The van der Waals surface area contributed by atoms with E-state index >= 15 is 0 Å². The van der Waals surface area contributed by atoms with Crippen LogP contribution in [0, 0.1) is 0 Å². The van der Waals surface area contributed by atoms with Gasteiger partial charge in [0.1, 0.15) is 5.56 Å². The number of aromatic nitrogens is 2. The van der Waals surface area contributed by atoms with Crippen LogP contribution in [-0.2, 0) is 17.6 Å². The largest absolute Gasteiger partial charge is 0.379 e. The van der Waals surface area contributed by atoms with Gasteiger partial charge in [0.05, 0.1) is 13.2 Å². The third-order valence-corrected chi connectivity index (χ3v) is 5.99. The number of fused-ring (bicyclic) bond motifs is 3. The Bertz CT molecular complexity index is 838. The molecule has 1 amide bonds. The van der Waals surface area contributed by atoms with E-state index in [2.05, 4.69) is 15.2 Å². The summed E-state index contributed by atoms with van der Waals surface area (Å²) in [6.07, 6.45) is 5.24. The number of rotatable bonds is 5. The molecule has 0 unspecified atom stereocenters. The number of hydrogen-bond donors (Lipinski definition) is 1. The monoisotopic (exact) mass is 362 g/mol. The van der Waals surface area contributed by atoms with Crippen molar-refractivity contribution < 1.29 is 9.53 Å². The average Bonchev–Trinajstić information content (AvgIpc) is 3.20. The molecule has 8 heteroatoms. The van der Waals surface area contributed by atoms with Crippen molar-refractivity contribution in [2.24, 2.45) is 0 Å². The molecule has 2 aliphatic rings. The standard InChI is InChI=1S/C17H22N4O3S/c22-15(18-5-2-6-20-7-9-24-10-8-20)12-11-19-17-21(16(12)23)13-3-1-4-14(13)25-17/h11H,1-10H2,(H,18,22). The molecule has 0 bridgehead atoms. The third kappa shape index (κ3) is 3.33. The Morgan fingerprint density at radius 1 is 1.32 bits per heavy atom. The number of nitrogens with one attached hydrogen (secondary N) is 1. The Labute approximate surface area is 149 Å². The first-order valence-corrected chi connectivity index (χ1v) is 9.66. The number of carbonyl (C=O) groups excluding carboxylic acids is 1.